The molecular weight excluding hydrogens is 437 g/mol. The van der Waals surface area contributed by atoms with Gasteiger partial charge in [0.15, 0.2) is 0 Å². The Morgan fingerprint density at radius 2 is 1.65 bits per heavy atom. The van der Waals surface area contributed by atoms with E-state index in [0.717, 1.165) is 16.7 Å². The number of phenols is 1. The Bertz CT molecular complexity index is 1020. The van der Waals surface area contributed by atoms with Crippen LogP contribution in [0.2, 0.25) is 10.0 Å². The van der Waals surface area contributed by atoms with Crippen LogP contribution in [0.15, 0.2) is 66.7 Å². The van der Waals surface area contributed by atoms with Gasteiger partial charge < -0.3 is 20.3 Å². The zero-order chi connectivity index (χ0) is 22.4. The summed E-state index contributed by atoms with van der Waals surface area (Å²) in [7, 11) is 1.43. The summed E-state index contributed by atoms with van der Waals surface area (Å²) < 4.78 is 4.88. The van der Waals surface area contributed by atoms with E-state index in [4.69, 9.17) is 27.9 Å². The minimum absolute atomic E-state index is 0.0332. The fourth-order valence-corrected chi connectivity index (χ4v) is 3.91. The van der Waals surface area contributed by atoms with Crippen molar-refractivity contribution in [2.45, 2.75) is 18.6 Å². The van der Waals surface area contributed by atoms with Crippen LogP contribution in [-0.2, 0) is 16.0 Å². The standard InChI is InChI=1S/C24H23Cl2NO4/c1-31-14-23(29)27-21(24(30)20-4-2-3-5-22(20)28)10-15-6-8-16(9-7-15)17-11-18(25)13-19(26)12-17/h2-9,11-13,21,24,28,30H,10,14H2,1H3,(H,27,29)/t21-,24+/m0/s1. The predicted molar refractivity (Wildman–Crippen MR) is 122 cm³/mol. The van der Waals surface area contributed by atoms with Gasteiger partial charge in [-0.05, 0) is 47.4 Å². The molecule has 31 heavy (non-hydrogen) atoms. The molecule has 0 saturated carbocycles. The highest BCUT2D eigenvalue weighted by Crippen LogP contribution is 2.30. The largest absolute Gasteiger partial charge is 0.508 e. The van der Waals surface area contributed by atoms with Gasteiger partial charge in [-0.2, -0.15) is 0 Å². The summed E-state index contributed by atoms with van der Waals surface area (Å²) in [5, 5.41) is 24.9. The Kier molecular flexibility index (Phi) is 7.93. The second-order valence-corrected chi connectivity index (χ2v) is 8.04. The summed E-state index contributed by atoms with van der Waals surface area (Å²) in [5.74, 6) is -0.388. The number of aliphatic hydroxyl groups excluding tert-OH is 1. The lowest BCUT2D eigenvalue weighted by atomic mass is 9.94. The van der Waals surface area contributed by atoms with E-state index < -0.39 is 12.1 Å². The van der Waals surface area contributed by atoms with Gasteiger partial charge in [0.05, 0.1) is 6.04 Å². The molecule has 0 heterocycles. The van der Waals surface area contributed by atoms with Crippen molar-refractivity contribution in [3.05, 3.63) is 87.9 Å². The molecule has 1 amide bonds. The van der Waals surface area contributed by atoms with Gasteiger partial charge in [-0.3, -0.25) is 4.79 Å². The molecule has 0 aliphatic rings. The number of phenolic OH excluding ortho intramolecular Hbond substituents is 1. The topological polar surface area (TPSA) is 78.8 Å². The fourth-order valence-electron chi connectivity index (χ4n) is 3.38. The number of rotatable bonds is 8. The summed E-state index contributed by atoms with van der Waals surface area (Å²) >= 11 is 12.2. The molecule has 0 aromatic heterocycles. The van der Waals surface area contributed by atoms with Gasteiger partial charge in [0.25, 0.3) is 0 Å². The third-order valence-corrected chi connectivity index (χ3v) is 5.30. The zero-order valence-corrected chi connectivity index (χ0v) is 18.4. The maximum absolute atomic E-state index is 12.1. The fraction of sp³-hybridized carbons (Fsp3) is 0.208. The summed E-state index contributed by atoms with van der Waals surface area (Å²) in [4.78, 5) is 12.1. The van der Waals surface area contributed by atoms with Crippen molar-refractivity contribution in [1.29, 1.82) is 0 Å². The van der Waals surface area contributed by atoms with E-state index in [-0.39, 0.29) is 18.3 Å². The van der Waals surface area contributed by atoms with Crippen molar-refractivity contribution in [2.75, 3.05) is 13.7 Å². The number of benzene rings is 3. The molecule has 0 bridgehead atoms. The highest BCUT2D eigenvalue weighted by Gasteiger charge is 2.25. The molecule has 0 aliphatic heterocycles. The minimum Gasteiger partial charge on any atom is -0.508 e. The molecular formula is C24H23Cl2NO4. The van der Waals surface area contributed by atoms with Crippen LogP contribution >= 0.6 is 23.2 Å². The SMILES string of the molecule is COCC(=O)N[C@@H](Cc1ccc(-c2cc(Cl)cc(Cl)c2)cc1)[C@H](O)c1ccccc1O. The van der Waals surface area contributed by atoms with E-state index in [0.29, 0.717) is 22.0 Å². The Balaban J connectivity index is 1.83. The Morgan fingerprint density at radius 3 is 2.26 bits per heavy atom. The number of hydrogen-bond acceptors (Lipinski definition) is 4. The quantitative estimate of drug-likeness (QED) is 0.453. The lowest BCUT2D eigenvalue weighted by molar-refractivity contribution is -0.126. The van der Waals surface area contributed by atoms with Crippen LogP contribution in [0.4, 0.5) is 0 Å². The van der Waals surface area contributed by atoms with Gasteiger partial charge in [-0.25, -0.2) is 0 Å². The molecule has 3 aromatic carbocycles. The molecule has 0 radical (unpaired) electrons. The molecule has 3 N–H and O–H groups in total. The molecule has 162 valence electrons. The highest BCUT2D eigenvalue weighted by molar-refractivity contribution is 6.35. The number of para-hydroxylation sites is 1. The Labute approximate surface area is 191 Å². The average Bonchev–Trinajstić information content (AvgIpc) is 2.73. The molecule has 0 saturated heterocycles. The average molecular weight is 460 g/mol. The lowest BCUT2D eigenvalue weighted by Crippen LogP contribution is -2.42. The Hall–Kier alpha value is -2.57. The molecule has 3 rings (SSSR count). The van der Waals surface area contributed by atoms with Crippen LogP contribution in [0.25, 0.3) is 11.1 Å². The number of carbonyl (C=O) groups excluding carboxylic acids is 1. The van der Waals surface area contributed by atoms with E-state index in [9.17, 15) is 15.0 Å². The first-order chi connectivity index (χ1) is 14.9. The van der Waals surface area contributed by atoms with Crippen LogP contribution in [0.1, 0.15) is 17.2 Å². The number of methoxy groups -OCH3 is 1. The number of hydrogen-bond donors (Lipinski definition) is 3. The molecule has 0 spiro atoms. The van der Waals surface area contributed by atoms with Crippen LogP contribution in [0.3, 0.4) is 0 Å². The predicted octanol–water partition coefficient (Wildman–Crippen LogP) is 4.77. The van der Waals surface area contributed by atoms with Crippen molar-refractivity contribution < 1.29 is 19.7 Å². The van der Waals surface area contributed by atoms with Gasteiger partial charge in [0.1, 0.15) is 18.5 Å². The normalized spacial score (nSPS) is 12.9. The lowest BCUT2D eigenvalue weighted by Gasteiger charge is -2.25. The van der Waals surface area contributed by atoms with Gasteiger partial charge in [-0.15, -0.1) is 0 Å². The van der Waals surface area contributed by atoms with E-state index in [1.807, 2.05) is 36.4 Å². The van der Waals surface area contributed by atoms with E-state index in [1.54, 1.807) is 24.3 Å². The summed E-state index contributed by atoms with van der Waals surface area (Å²) in [6.07, 6.45) is -0.755. The number of nitrogens with one attached hydrogen (secondary N) is 1. The molecule has 0 unspecified atom stereocenters. The van der Waals surface area contributed by atoms with Gasteiger partial charge in [-0.1, -0.05) is 65.7 Å². The van der Waals surface area contributed by atoms with Gasteiger partial charge in [0, 0.05) is 22.7 Å². The maximum Gasteiger partial charge on any atom is 0.246 e. The number of halogens is 2. The number of aromatic hydroxyl groups is 1. The zero-order valence-electron chi connectivity index (χ0n) is 16.9. The highest BCUT2D eigenvalue weighted by atomic mass is 35.5. The molecule has 3 aromatic rings. The van der Waals surface area contributed by atoms with Crippen molar-refractivity contribution >= 4 is 29.1 Å². The first-order valence-corrected chi connectivity index (χ1v) is 10.4. The smallest absolute Gasteiger partial charge is 0.246 e. The Morgan fingerprint density at radius 1 is 1.00 bits per heavy atom. The monoisotopic (exact) mass is 459 g/mol. The van der Waals surface area contributed by atoms with Crippen LogP contribution in [0.5, 0.6) is 5.75 Å². The first-order valence-electron chi connectivity index (χ1n) is 9.67. The first kappa shape index (κ1) is 23.1. The second kappa shape index (κ2) is 10.6. The third kappa shape index (κ3) is 6.21. The summed E-state index contributed by atoms with van der Waals surface area (Å²) in [6, 6.07) is 18.9. The maximum atomic E-state index is 12.1. The minimum atomic E-state index is -1.10. The number of aliphatic hydroxyl groups is 1. The number of carbonyl (C=O) groups is 1. The molecule has 0 fully saturated rings. The third-order valence-electron chi connectivity index (χ3n) is 4.86. The van der Waals surface area contributed by atoms with Crippen LogP contribution in [0, 0.1) is 0 Å². The molecule has 5 nitrogen and oxygen atoms in total. The summed E-state index contributed by atoms with van der Waals surface area (Å²) in [6.45, 7) is -0.127. The van der Waals surface area contributed by atoms with Gasteiger partial charge >= 0.3 is 0 Å². The molecule has 7 heteroatoms. The number of amides is 1. The number of ether oxygens (including phenoxy) is 1. The molecule has 2 atom stereocenters. The molecule has 0 aliphatic carbocycles. The van der Waals surface area contributed by atoms with Crippen molar-refractivity contribution in [2.24, 2.45) is 0 Å². The second-order valence-electron chi connectivity index (χ2n) is 7.17. The van der Waals surface area contributed by atoms with E-state index in [1.165, 1.54) is 13.2 Å². The van der Waals surface area contributed by atoms with Gasteiger partial charge in [0.2, 0.25) is 5.91 Å². The van der Waals surface area contributed by atoms with Crippen molar-refractivity contribution in [3.8, 4) is 16.9 Å². The van der Waals surface area contributed by atoms with Crippen LogP contribution < -0.4 is 5.32 Å². The summed E-state index contributed by atoms with van der Waals surface area (Å²) in [5.41, 5.74) is 3.07. The van der Waals surface area contributed by atoms with Crippen molar-refractivity contribution in [3.63, 3.8) is 0 Å². The van der Waals surface area contributed by atoms with E-state index in [2.05, 4.69) is 5.32 Å². The van der Waals surface area contributed by atoms with E-state index >= 15 is 0 Å². The van der Waals surface area contributed by atoms with Crippen LogP contribution in [-0.4, -0.2) is 35.9 Å². The van der Waals surface area contributed by atoms with Crippen molar-refractivity contribution in [1.82, 2.24) is 5.32 Å².